The summed E-state index contributed by atoms with van der Waals surface area (Å²) in [5.41, 5.74) is 7.05. The Bertz CT molecular complexity index is 350. The lowest BCUT2D eigenvalue weighted by Gasteiger charge is -2.15. The molecule has 1 unspecified atom stereocenters. The highest BCUT2D eigenvalue weighted by Crippen LogP contribution is 2.29. The number of benzene rings is 1. The Balaban J connectivity index is 2.05. The van der Waals surface area contributed by atoms with E-state index in [0.29, 0.717) is 11.9 Å². The van der Waals surface area contributed by atoms with Crippen LogP contribution in [0.25, 0.3) is 0 Å². The van der Waals surface area contributed by atoms with Crippen molar-refractivity contribution in [1.29, 1.82) is 0 Å². The summed E-state index contributed by atoms with van der Waals surface area (Å²) in [7, 11) is 0. The number of rotatable bonds is 3. The maximum atomic E-state index is 6.01. The molecule has 1 atom stereocenters. The topological polar surface area (TPSA) is 38.4 Å². The molecule has 0 bridgehead atoms. The van der Waals surface area contributed by atoms with Crippen molar-refractivity contribution in [1.82, 2.24) is 0 Å². The van der Waals surface area contributed by atoms with Crippen LogP contribution in [0.1, 0.15) is 38.2 Å². The van der Waals surface area contributed by atoms with Gasteiger partial charge in [0.15, 0.2) is 0 Å². The first kappa shape index (κ1) is 11.2. The van der Waals surface area contributed by atoms with Crippen LogP contribution in [-0.2, 0) is 0 Å². The second-order valence-electron chi connectivity index (χ2n) is 4.67. The molecule has 1 saturated carbocycles. The fourth-order valence-electron chi connectivity index (χ4n) is 2.45. The summed E-state index contributed by atoms with van der Waals surface area (Å²) >= 11 is 0. The summed E-state index contributed by atoms with van der Waals surface area (Å²) in [6.07, 6.45) is 5.34. The Morgan fingerprint density at radius 1 is 1.25 bits per heavy atom. The van der Waals surface area contributed by atoms with Crippen molar-refractivity contribution in [3.8, 4) is 0 Å². The van der Waals surface area contributed by atoms with Gasteiger partial charge in [-0.05, 0) is 25.7 Å². The van der Waals surface area contributed by atoms with E-state index in [1.165, 1.54) is 25.7 Å². The third kappa shape index (κ3) is 2.63. The van der Waals surface area contributed by atoms with Gasteiger partial charge in [0.2, 0.25) is 0 Å². The van der Waals surface area contributed by atoms with E-state index in [1.54, 1.807) is 0 Å². The minimum atomic E-state index is 0.364. The molecule has 2 rings (SSSR count). The maximum absolute atomic E-state index is 6.01. The molecule has 16 heavy (non-hydrogen) atoms. The number of hydrogen-bond donors (Lipinski definition) is 1. The van der Waals surface area contributed by atoms with Crippen LogP contribution in [0, 0.1) is 5.92 Å². The molecule has 1 aromatic carbocycles. The van der Waals surface area contributed by atoms with Gasteiger partial charge in [0.25, 0.3) is 0 Å². The van der Waals surface area contributed by atoms with Crippen molar-refractivity contribution in [2.75, 3.05) is 0 Å². The van der Waals surface area contributed by atoms with E-state index in [1.807, 2.05) is 30.3 Å². The van der Waals surface area contributed by atoms with Crippen molar-refractivity contribution in [3.05, 3.63) is 35.9 Å². The Labute approximate surface area is 97.6 Å². The van der Waals surface area contributed by atoms with Gasteiger partial charge in [-0.25, -0.2) is 0 Å². The molecule has 0 radical (unpaired) electrons. The number of nitrogens with zero attached hydrogens (tertiary/aromatic N) is 1. The number of aliphatic imine (C=N–C) groups is 1. The summed E-state index contributed by atoms with van der Waals surface area (Å²) < 4.78 is 0. The molecule has 0 heterocycles. The monoisotopic (exact) mass is 216 g/mol. The predicted octanol–water partition coefficient (Wildman–Crippen LogP) is 2.97. The van der Waals surface area contributed by atoms with Crippen molar-refractivity contribution in [2.24, 2.45) is 16.6 Å². The summed E-state index contributed by atoms with van der Waals surface area (Å²) in [6, 6.07) is 10.4. The third-order valence-corrected chi connectivity index (χ3v) is 3.49. The summed E-state index contributed by atoms with van der Waals surface area (Å²) in [5, 5.41) is 0. The maximum Gasteiger partial charge on any atom is 0.125 e. The molecule has 86 valence electrons. The van der Waals surface area contributed by atoms with Crippen molar-refractivity contribution >= 4 is 5.84 Å². The Morgan fingerprint density at radius 2 is 1.88 bits per heavy atom. The van der Waals surface area contributed by atoms with E-state index >= 15 is 0 Å². The fourth-order valence-corrected chi connectivity index (χ4v) is 2.45. The van der Waals surface area contributed by atoms with Crippen LogP contribution in [0.2, 0.25) is 0 Å². The van der Waals surface area contributed by atoms with Crippen LogP contribution in [0.5, 0.6) is 0 Å². The smallest absolute Gasteiger partial charge is 0.125 e. The van der Waals surface area contributed by atoms with Gasteiger partial charge in [0.1, 0.15) is 5.84 Å². The molecule has 1 aliphatic carbocycles. The quantitative estimate of drug-likeness (QED) is 0.612. The Kier molecular flexibility index (Phi) is 3.60. The van der Waals surface area contributed by atoms with Gasteiger partial charge >= 0.3 is 0 Å². The highest BCUT2D eigenvalue weighted by atomic mass is 14.9. The molecule has 0 spiro atoms. The second-order valence-corrected chi connectivity index (χ2v) is 4.67. The van der Waals surface area contributed by atoms with Crippen LogP contribution >= 0.6 is 0 Å². The average molecular weight is 216 g/mol. The van der Waals surface area contributed by atoms with E-state index in [9.17, 15) is 0 Å². The van der Waals surface area contributed by atoms with E-state index in [0.717, 1.165) is 11.5 Å². The zero-order valence-electron chi connectivity index (χ0n) is 9.89. The zero-order chi connectivity index (χ0) is 11.4. The SMILES string of the molecule is CC(N=C(N)c1ccccc1)C1CCCC1. The van der Waals surface area contributed by atoms with Crippen LogP contribution in [0.4, 0.5) is 0 Å². The lowest BCUT2D eigenvalue weighted by atomic mass is 10.0. The molecule has 2 nitrogen and oxygen atoms in total. The number of hydrogen-bond acceptors (Lipinski definition) is 1. The van der Waals surface area contributed by atoms with Crippen LogP contribution < -0.4 is 5.73 Å². The van der Waals surface area contributed by atoms with Gasteiger partial charge in [0.05, 0.1) is 6.04 Å². The molecule has 1 aromatic rings. The zero-order valence-corrected chi connectivity index (χ0v) is 9.89. The highest BCUT2D eigenvalue weighted by Gasteiger charge is 2.21. The number of nitrogens with two attached hydrogens (primary N) is 1. The van der Waals surface area contributed by atoms with Gasteiger partial charge in [-0.1, -0.05) is 43.2 Å². The highest BCUT2D eigenvalue weighted by molar-refractivity contribution is 5.97. The molecule has 0 aliphatic heterocycles. The van der Waals surface area contributed by atoms with Crippen molar-refractivity contribution < 1.29 is 0 Å². The standard InChI is InChI=1S/C14H20N2/c1-11(12-7-5-6-8-12)16-14(15)13-9-3-2-4-10-13/h2-4,9-12H,5-8H2,1H3,(H2,15,16). The molecule has 0 amide bonds. The minimum Gasteiger partial charge on any atom is -0.383 e. The minimum absolute atomic E-state index is 0.364. The van der Waals surface area contributed by atoms with E-state index < -0.39 is 0 Å². The number of amidine groups is 1. The molecule has 2 N–H and O–H groups in total. The van der Waals surface area contributed by atoms with Crippen LogP contribution in [-0.4, -0.2) is 11.9 Å². The Hall–Kier alpha value is -1.31. The lowest BCUT2D eigenvalue weighted by Crippen LogP contribution is -2.20. The summed E-state index contributed by atoms with van der Waals surface area (Å²) in [4.78, 5) is 4.62. The fraction of sp³-hybridized carbons (Fsp3) is 0.500. The molecule has 0 saturated heterocycles. The molecular formula is C14H20N2. The summed E-state index contributed by atoms with van der Waals surface area (Å²) in [5.74, 6) is 1.42. The molecule has 2 heteroatoms. The third-order valence-electron chi connectivity index (χ3n) is 3.49. The predicted molar refractivity (Wildman–Crippen MR) is 68.6 cm³/mol. The van der Waals surface area contributed by atoms with Crippen LogP contribution in [0.3, 0.4) is 0 Å². The van der Waals surface area contributed by atoms with Gasteiger partial charge in [-0.2, -0.15) is 0 Å². The average Bonchev–Trinajstić information content (AvgIpc) is 2.83. The molecule has 1 aliphatic rings. The van der Waals surface area contributed by atoms with Crippen molar-refractivity contribution in [3.63, 3.8) is 0 Å². The summed E-state index contributed by atoms with van der Waals surface area (Å²) in [6.45, 7) is 2.19. The van der Waals surface area contributed by atoms with Gasteiger partial charge in [-0.15, -0.1) is 0 Å². The van der Waals surface area contributed by atoms with E-state index in [-0.39, 0.29) is 0 Å². The lowest BCUT2D eigenvalue weighted by molar-refractivity contribution is 0.460. The largest absolute Gasteiger partial charge is 0.383 e. The van der Waals surface area contributed by atoms with E-state index in [2.05, 4.69) is 11.9 Å². The molecule has 0 aromatic heterocycles. The normalized spacial score (nSPS) is 19.9. The molecule has 1 fully saturated rings. The van der Waals surface area contributed by atoms with Gasteiger partial charge < -0.3 is 5.73 Å². The van der Waals surface area contributed by atoms with Crippen molar-refractivity contribution in [2.45, 2.75) is 38.6 Å². The second kappa shape index (κ2) is 5.15. The Morgan fingerprint density at radius 3 is 2.50 bits per heavy atom. The van der Waals surface area contributed by atoms with E-state index in [4.69, 9.17) is 5.73 Å². The first-order valence-corrected chi connectivity index (χ1v) is 6.16. The van der Waals surface area contributed by atoms with Gasteiger partial charge in [-0.3, -0.25) is 4.99 Å². The first-order chi connectivity index (χ1) is 7.77. The van der Waals surface area contributed by atoms with Gasteiger partial charge in [0, 0.05) is 5.56 Å². The molecular weight excluding hydrogens is 196 g/mol. The van der Waals surface area contributed by atoms with Crippen LogP contribution in [0.15, 0.2) is 35.3 Å². The first-order valence-electron chi connectivity index (χ1n) is 6.16.